The Hall–Kier alpha value is -2.77. The smallest absolute Gasteiger partial charge is 0.407 e. The summed E-state index contributed by atoms with van der Waals surface area (Å²) in [5.41, 5.74) is -0.0883. The SMILES string of the molecule is COC(=O)NC(C)(CN1Cc2ccc(OC)cc2C1=O)C(=O)OC. The number of fused-ring (bicyclic) bond motifs is 1. The van der Waals surface area contributed by atoms with Crippen LogP contribution < -0.4 is 10.1 Å². The fourth-order valence-corrected chi connectivity index (χ4v) is 2.63. The number of methoxy groups -OCH3 is 3. The van der Waals surface area contributed by atoms with Crippen molar-refractivity contribution in [1.29, 1.82) is 0 Å². The molecule has 1 atom stereocenters. The molecule has 0 bridgehead atoms. The van der Waals surface area contributed by atoms with Gasteiger partial charge in [0.25, 0.3) is 5.91 Å². The average molecular weight is 336 g/mol. The number of ether oxygens (including phenoxy) is 3. The number of carbonyl (C=O) groups excluding carboxylic acids is 3. The van der Waals surface area contributed by atoms with Gasteiger partial charge >= 0.3 is 12.1 Å². The molecule has 1 aliphatic heterocycles. The van der Waals surface area contributed by atoms with Crippen LogP contribution in [0.15, 0.2) is 18.2 Å². The molecule has 0 radical (unpaired) electrons. The molecule has 1 aromatic rings. The first-order valence-electron chi connectivity index (χ1n) is 7.25. The first-order valence-corrected chi connectivity index (χ1v) is 7.25. The summed E-state index contributed by atoms with van der Waals surface area (Å²) in [5.74, 6) is -0.340. The molecule has 1 unspecified atom stereocenters. The molecular weight excluding hydrogens is 316 g/mol. The Kier molecular flexibility index (Phi) is 4.96. The zero-order valence-corrected chi connectivity index (χ0v) is 14.0. The van der Waals surface area contributed by atoms with Crippen LogP contribution in [-0.4, -0.2) is 56.3 Å². The van der Waals surface area contributed by atoms with Crippen LogP contribution in [0.2, 0.25) is 0 Å². The van der Waals surface area contributed by atoms with Crippen LogP contribution in [-0.2, 0) is 20.8 Å². The van der Waals surface area contributed by atoms with E-state index in [1.54, 1.807) is 18.2 Å². The fourth-order valence-electron chi connectivity index (χ4n) is 2.63. The van der Waals surface area contributed by atoms with E-state index in [2.05, 4.69) is 10.1 Å². The molecule has 0 saturated carbocycles. The number of alkyl carbamates (subject to hydrolysis) is 1. The Bertz CT molecular complexity index is 675. The number of hydrogen-bond donors (Lipinski definition) is 1. The van der Waals surface area contributed by atoms with E-state index in [0.717, 1.165) is 5.56 Å². The number of rotatable bonds is 5. The van der Waals surface area contributed by atoms with Crippen molar-refractivity contribution in [3.8, 4) is 5.75 Å². The summed E-state index contributed by atoms with van der Waals surface area (Å²) in [5, 5.41) is 2.44. The molecule has 1 aromatic carbocycles. The topological polar surface area (TPSA) is 94.2 Å². The van der Waals surface area contributed by atoms with E-state index < -0.39 is 17.6 Å². The van der Waals surface area contributed by atoms with Gasteiger partial charge in [-0.1, -0.05) is 6.07 Å². The molecule has 2 rings (SSSR count). The molecule has 0 fully saturated rings. The van der Waals surface area contributed by atoms with Crippen molar-refractivity contribution in [2.24, 2.45) is 0 Å². The Morgan fingerprint density at radius 3 is 2.54 bits per heavy atom. The summed E-state index contributed by atoms with van der Waals surface area (Å²) in [7, 11) is 3.93. The third-order valence-corrected chi connectivity index (χ3v) is 3.90. The molecule has 24 heavy (non-hydrogen) atoms. The highest BCUT2D eigenvalue weighted by atomic mass is 16.5. The number of benzene rings is 1. The monoisotopic (exact) mass is 336 g/mol. The molecule has 1 heterocycles. The molecule has 0 aromatic heterocycles. The lowest BCUT2D eigenvalue weighted by Crippen LogP contribution is -2.59. The van der Waals surface area contributed by atoms with Crippen molar-refractivity contribution in [3.05, 3.63) is 29.3 Å². The quantitative estimate of drug-likeness (QED) is 0.804. The predicted octanol–water partition coefficient (Wildman–Crippen LogP) is 0.939. The zero-order chi connectivity index (χ0) is 17.9. The number of esters is 1. The van der Waals surface area contributed by atoms with Crippen molar-refractivity contribution >= 4 is 18.0 Å². The number of nitrogens with one attached hydrogen (secondary N) is 1. The molecule has 1 N–H and O–H groups in total. The van der Waals surface area contributed by atoms with E-state index in [9.17, 15) is 14.4 Å². The van der Waals surface area contributed by atoms with E-state index in [-0.39, 0.29) is 12.5 Å². The minimum absolute atomic E-state index is 0.0510. The van der Waals surface area contributed by atoms with Gasteiger partial charge in [0.05, 0.1) is 27.9 Å². The summed E-state index contributed by atoms with van der Waals surface area (Å²) < 4.78 is 14.4. The van der Waals surface area contributed by atoms with Crippen molar-refractivity contribution in [2.45, 2.75) is 19.0 Å². The minimum atomic E-state index is -1.43. The fraction of sp³-hybridized carbons (Fsp3) is 0.438. The van der Waals surface area contributed by atoms with E-state index in [1.807, 2.05) is 0 Å². The molecule has 0 aliphatic carbocycles. The van der Waals surface area contributed by atoms with Crippen LogP contribution >= 0.6 is 0 Å². The first kappa shape index (κ1) is 17.6. The number of amides is 2. The largest absolute Gasteiger partial charge is 0.497 e. The maximum Gasteiger partial charge on any atom is 0.407 e. The van der Waals surface area contributed by atoms with E-state index >= 15 is 0 Å². The lowest BCUT2D eigenvalue weighted by Gasteiger charge is -2.31. The molecule has 130 valence electrons. The lowest BCUT2D eigenvalue weighted by atomic mass is 10.0. The highest BCUT2D eigenvalue weighted by Gasteiger charge is 2.41. The second-order valence-corrected chi connectivity index (χ2v) is 5.62. The van der Waals surface area contributed by atoms with Crippen LogP contribution in [0, 0.1) is 0 Å². The summed E-state index contributed by atoms with van der Waals surface area (Å²) in [6.07, 6.45) is -0.784. The van der Waals surface area contributed by atoms with Crippen LogP contribution in [0.25, 0.3) is 0 Å². The second kappa shape index (κ2) is 6.77. The van der Waals surface area contributed by atoms with Crippen LogP contribution in [0.1, 0.15) is 22.8 Å². The molecule has 1 aliphatic rings. The van der Waals surface area contributed by atoms with Crippen molar-refractivity contribution < 1.29 is 28.6 Å². The Morgan fingerprint density at radius 1 is 1.25 bits per heavy atom. The van der Waals surface area contributed by atoms with Crippen LogP contribution in [0.3, 0.4) is 0 Å². The molecule has 8 nitrogen and oxygen atoms in total. The Balaban J connectivity index is 2.23. The second-order valence-electron chi connectivity index (χ2n) is 5.62. The summed E-state index contributed by atoms with van der Waals surface area (Å²) in [6, 6.07) is 5.22. The van der Waals surface area contributed by atoms with Crippen LogP contribution in [0.5, 0.6) is 5.75 Å². The lowest BCUT2D eigenvalue weighted by molar-refractivity contribution is -0.148. The molecule has 0 saturated heterocycles. The summed E-state index contributed by atoms with van der Waals surface area (Å²) in [4.78, 5) is 37.7. The zero-order valence-electron chi connectivity index (χ0n) is 14.0. The van der Waals surface area contributed by atoms with Gasteiger partial charge in [-0.2, -0.15) is 0 Å². The normalized spacial score (nSPS) is 15.3. The highest BCUT2D eigenvalue weighted by molar-refractivity contribution is 5.99. The van der Waals surface area contributed by atoms with Gasteiger partial charge in [-0.05, 0) is 24.6 Å². The van der Waals surface area contributed by atoms with Gasteiger partial charge < -0.3 is 24.4 Å². The molecule has 8 heteroatoms. The predicted molar refractivity (Wildman–Crippen MR) is 83.7 cm³/mol. The van der Waals surface area contributed by atoms with Gasteiger partial charge in [-0.15, -0.1) is 0 Å². The standard InChI is InChI=1S/C16H20N2O6/c1-16(14(20)23-3,17-15(21)24-4)9-18-8-10-5-6-11(22-2)7-12(10)13(18)19/h5-7H,8-9H2,1-4H3,(H,17,21). The molecule has 2 amide bonds. The third kappa shape index (κ3) is 3.27. The van der Waals surface area contributed by atoms with E-state index in [0.29, 0.717) is 17.9 Å². The van der Waals surface area contributed by atoms with E-state index in [4.69, 9.17) is 9.47 Å². The molecular formula is C16H20N2O6. The van der Waals surface area contributed by atoms with Gasteiger partial charge in [0.2, 0.25) is 0 Å². The first-order chi connectivity index (χ1) is 11.3. The Labute approximate surface area is 139 Å². The average Bonchev–Trinajstić information content (AvgIpc) is 2.88. The van der Waals surface area contributed by atoms with Crippen molar-refractivity contribution in [3.63, 3.8) is 0 Å². The van der Waals surface area contributed by atoms with E-state index in [1.165, 1.54) is 33.2 Å². The number of carbonyl (C=O) groups is 3. The van der Waals surface area contributed by atoms with Crippen molar-refractivity contribution in [1.82, 2.24) is 10.2 Å². The minimum Gasteiger partial charge on any atom is -0.497 e. The van der Waals surface area contributed by atoms with Gasteiger partial charge in [0.15, 0.2) is 5.54 Å². The molecule has 0 spiro atoms. The maximum absolute atomic E-state index is 12.6. The van der Waals surface area contributed by atoms with Crippen molar-refractivity contribution in [2.75, 3.05) is 27.9 Å². The third-order valence-electron chi connectivity index (χ3n) is 3.90. The van der Waals surface area contributed by atoms with Crippen LogP contribution in [0.4, 0.5) is 4.79 Å². The van der Waals surface area contributed by atoms with Gasteiger partial charge in [-0.3, -0.25) is 4.79 Å². The maximum atomic E-state index is 12.6. The van der Waals surface area contributed by atoms with Gasteiger partial charge in [-0.25, -0.2) is 9.59 Å². The van der Waals surface area contributed by atoms with Gasteiger partial charge in [0, 0.05) is 12.1 Å². The summed E-state index contributed by atoms with van der Waals surface area (Å²) >= 11 is 0. The highest BCUT2D eigenvalue weighted by Crippen LogP contribution is 2.28. The Morgan fingerprint density at radius 2 is 1.96 bits per heavy atom. The summed E-state index contributed by atoms with van der Waals surface area (Å²) in [6.45, 7) is 1.75. The number of hydrogen-bond acceptors (Lipinski definition) is 6. The number of nitrogens with zero attached hydrogens (tertiary/aromatic N) is 1. The van der Waals surface area contributed by atoms with Gasteiger partial charge in [0.1, 0.15) is 5.75 Å².